The molecule has 0 fully saturated rings. The summed E-state index contributed by atoms with van der Waals surface area (Å²) in [4.78, 5) is 11.8. The van der Waals surface area contributed by atoms with Gasteiger partial charge in [-0.3, -0.25) is 4.79 Å². The van der Waals surface area contributed by atoms with Crippen molar-refractivity contribution in [2.45, 2.75) is 33.2 Å². The van der Waals surface area contributed by atoms with Crippen molar-refractivity contribution in [1.82, 2.24) is 5.32 Å². The summed E-state index contributed by atoms with van der Waals surface area (Å²) in [7, 11) is 1.63. The molecule has 4 nitrogen and oxygen atoms in total. The molecule has 1 rings (SSSR count). The number of nitrogen functional groups attached to an aromatic ring is 1. The molecular formula is C14H23N3O. The van der Waals surface area contributed by atoms with E-state index in [0.717, 1.165) is 12.1 Å². The molecule has 4 heteroatoms. The molecule has 0 radical (unpaired) electrons. The Morgan fingerprint density at radius 3 is 2.56 bits per heavy atom. The van der Waals surface area contributed by atoms with E-state index in [1.165, 1.54) is 0 Å². The molecule has 0 aromatic heterocycles. The highest BCUT2D eigenvalue weighted by molar-refractivity contribution is 6.00. The normalized spacial score (nSPS) is 12.3. The average Bonchev–Trinajstić information content (AvgIpc) is 2.27. The van der Waals surface area contributed by atoms with Gasteiger partial charge < -0.3 is 16.4 Å². The van der Waals surface area contributed by atoms with Gasteiger partial charge in [0.05, 0.1) is 5.56 Å². The zero-order valence-electron chi connectivity index (χ0n) is 11.6. The van der Waals surface area contributed by atoms with Gasteiger partial charge >= 0.3 is 0 Å². The van der Waals surface area contributed by atoms with E-state index in [9.17, 15) is 4.79 Å². The van der Waals surface area contributed by atoms with Crippen LogP contribution in [0.3, 0.4) is 0 Å². The first-order chi connectivity index (χ1) is 8.43. The minimum Gasteiger partial charge on any atom is -0.399 e. The van der Waals surface area contributed by atoms with Gasteiger partial charge in [0.25, 0.3) is 5.91 Å². The van der Waals surface area contributed by atoms with Gasteiger partial charge in [-0.15, -0.1) is 0 Å². The van der Waals surface area contributed by atoms with Crippen LogP contribution in [0.4, 0.5) is 11.4 Å². The summed E-state index contributed by atoms with van der Waals surface area (Å²) in [5, 5.41) is 5.99. The Labute approximate surface area is 109 Å². The first kappa shape index (κ1) is 14.4. The van der Waals surface area contributed by atoms with Crippen LogP contribution in [0.25, 0.3) is 0 Å². The summed E-state index contributed by atoms with van der Waals surface area (Å²) < 4.78 is 0. The van der Waals surface area contributed by atoms with Crippen molar-refractivity contribution in [2.24, 2.45) is 5.92 Å². The van der Waals surface area contributed by atoms with Crippen LogP contribution >= 0.6 is 0 Å². The summed E-state index contributed by atoms with van der Waals surface area (Å²) in [6.07, 6.45) is 1.04. The molecule has 0 aliphatic rings. The maximum absolute atomic E-state index is 11.8. The summed E-state index contributed by atoms with van der Waals surface area (Å²) >= 11 is 0. The quantitative estimate of drug-likeness (QED) is 0.702. The summed E-state index contributed by atoms with van der Waals surface area (Å²) in [6.45, 7) is 6.46. The van der Waals surface area contributed by atoms with Crippen molar-refractivity contribution in [3.63, 3.8) is 0 Å². The molecule has 1 aromatic rings. The molecule has 100 valence electrons. The zero-order valence-corrected chi connectivity index (χ0v) is 11.6. The Kier molecular flexibility index (Phi) is 5.01. The predicted molar refractivity (Wildman–Crippen MR) is 76.8 cm³/mol. The molecule has 18 heavy (non-hydrogen) atoms. The second-order valence-electron chi connectivity index (χ2n) is 5.06. The fraction of sp³-hybridized carbons (Fsp3) is 0.500. The molecule has 4 N–H and O–H groups in total. The van der Waals surface area contributed by atoms with E-state index in [-0.39, 0.29) is 5.91 Å². The van der Waals surface area contributed by atoms with Crippen molar-refractivity contribution in [2.75, 3.05) is 18.1 Å². The van der Waals surface area contributed by atoms with Crippen LogP contribution in [0.15, 0.2) is 18.2 Å². The maximum atomic E-state index is 11.8. The van der Waals surface area contributed by atoms with Gasteiger partial charge in [0, 0.05) is 24.5 Å². The standard InChI is InChI=1S/C14H23N3O/c1-9(2)7-10(3)17-13-8-11(15)5-6-12(13)14(18)16-4/h5-6,8-10,17H,7,15H2,1-4H3,(H,16,18). The Bertz CT molecular complexity index is 416. The van der Waals surface area contributed by atoms with Crippen LogP contribution < -0.4 is 16.4 Å². The Morgan fingerprint density at radius 2 is 2.00 bits per heavy atom. The number of benzene rings is 1. The minimum absolute atomic E-state index is 0.103. The fourth-order valence-corrected chi connectivity index (χ4v) is 2.05. The van der Waals surface area contributed by atoms with Gasteiger partial charge in [-0.05, 0) is 37.5 Å². The summed E-state index contributed by atoms with van der Waals surface area (Å²) in [5.74, 6) is 0.506. The molecule has 1 atom stereocenters. The highest BCUT2D eigenvalue weighted by Crippen LogP contribution is 2.21. The van der Waals surface area contributed by atoms with E-state index in [4.69, 9.17) is 5.73 Å². The van der Waals surface area contributed by atoms with Crippen molar-refractivity contribution in [1.29, 1.82) is 0 Å². The third-order valence-electron chi connectivity index (χ3n) is 2.74. The van der Waals surface area contributed by atoms with E-state index in [1.54, 1.807) is 25.2 Å². The van der Waals surface area contributed by atoms with E-state index < -0.39 is 0 Å². The molecular weight excluding hydrogens is 226 g/mol. The lowest BCUT2D eigenvalue weighted by Gasteiger charge is -2.19. The lowest BCUT2D eigenvalue weighted by molar-refractivity contribution is 0.0964. The van der Waals surface area contributed by atoms with Crippen molar-refractivity contribution < 1.29 is 4.79 Å². The third-order valence-corrected chi connectivity index (χ3v) is 2.74. The monoisotopic (exact) mass is 249 g/mol. The van der Waals surface area contributed by atoms with Gasteiger partial charge in [0.2, 0.25) is 0 Å². The smallest absolute Gasteiger partial charge is 0.253 e. The summed E-state index contributed by atoms with van der Waals surface area (Å²) in [5.41, 5.74) is 7.85. The highest BCUT2D eigenvalue weighted by Gasteiger charge is 2.13. The maximum Gasteiger partial charge on any atom is 0.253 e. The Morgan fingerprint density at radius 1 is 1.33 bits per heavy atom. The van der Waals surface area contributed by atoms with Gasteiger partial charge in [-0.1, -0.05) is 13.8 Å². The SMILES string of the molecule is CNC(=O)c1ccc(N)cc1NC(C)CC(C)C. The number of carbonyl (C=O) groups excluding carboxylic acids is 1. The molecule has 1 aromatic carbocycles. The molecule has 0 aliphatic carbocycles. The van der Waals surface area contributed by atoms with Crippen molar-refractivity contribution in [3.05, 3.63) is 23.8 Å². The number of carbonyl (C=O) groups is 1. The number of nitrogens with two attached hydrogens (primary N) is 1. The second kappa shape index (κ2) is 6.28. The van der Waals surface area contributed by atoms with Crippen molar-refractivity contribution in [3.8, 4) is 0 Å². The molecule has 1 unspecified atom stereocenters. The minimum atomic E-state index is -0.103. The Balaban J connectivity index is 2.92. The molecule has 0 saturated carbocycles. The average molecular weight is 249 g/mol. The van der Waals surface area contributed by atoms with Crippen molar-refractivity contribution >= 4 is 17.3 Å². The van der Waals surface area contributed by atoms with Gasteiger partial charge in [-0.2, -0.15) is 0 Å². The second-order valence-corrected chi connectivity index (χ2v) is 5.06. The zero-order chi connectivity index (χ0) is 13.7. The lowest BCUT2D eigenvalue weighted by Crippen LogP contribution is -2.23. The summed E-state index contributed by atoms with van der Waals surface area (Å²) in [6, 6.07) is 5.60. The van der Waals surface area contributed by atoms with Crippen LogP contribution in [0.5, 0.6) is 0 Å². The molecule has 0 aliphatic heterocycles. The first-order valence-electron chi connectivity index (χ1n) is 6.32. The molecule has 0 saturated heterocycles. The number of hydrogen-bond acceptors (Lipinski definition) is 3. The third kappa shape index (κ3) is 3.95. The molecule has 1 amide bonds. The number of anilines is 2. The lowest BCUT2D eigenvalue weighted by atomic mass is 10.0. The first-order valence-corrected chi connectivity index (χ1v) is 6.32. The van der Waals surface area contributed by atoms with Gasteiger partial charge in [0.1, 0.15) is 0 Å². The van der Waals surface area contributed by atoms with Crippen LogP contribution in [0.1, 0.15) is 37.6 Å². The number of amides is 1. The number of rotatable bonds is 5. The van der Waals surface area contributed by atoms with E-state index in [2.05, 4.69) is 31.4 Å². The van der Waals surface area contributed by atoms with Gasteiger partial charge in [-0.25, -0.2) is 0 Å². The van der Waals surface area contributed by atoms with E-state index in [0.29, 0.717) is 23.2 Å². The molecule has 0 bridgehead atoms. The topological polar surface area (TPSA) is 67.2 Å². The van der Waals surface area contributed by atoms with E-state index in [1.807, 2.05) is 0 Å². The molecule has 0 spiro atoms. The van der Waals surface area contributed by atoms with Gasteiger partial charge in [0.15, 0.2) is 0 Å². The molecule has 0 heterocycles. The Hall–Kier alpha value is -1.71. The van der Waals surface area contributed by atoms with Crippen LogP contribution in [-0.2, 0) is 0 Å². The van der Waals surface area contributed by atoms with Crippen LogP contribution in [-0.4, -0.2) is 19.0 Å². The van der Waals surface area contributed by atoms with Crippen LogP contribution in [0.2, 0.25) is 0 Å². The van der Waals surface area contributed by atoms with Crippen LogP contribution in [0, 0.1) is 5.92 Å². The van der Waals surface area contributed by atoms with E-state index >= 15 is 0 Å². The predicted octanol–water partition coefficient (Wildman–Crippen LogP) is 2.47. The number of nitrogens with one attached hydrogen (secondary N) is 2. The highest BCUT2D eigenvalue weighted by atomic mass is 16.1. The largest absolute Gasteiger partial charge is 0.399 e. The fourth-order valence-electron chi connectivity index (χ4n) is 2.05. The number of hydrogen-bond donors (Lipinski definition) is 3.